The molecule has 0 amide bonds. The maximum Gasteiger partial charge on any atom is 0.149 e. The summed E-state index contributed by atoms with van der Waals surface area (Å²) in [6.45, 7) is 1.94. The lowest BCUT2D eigenvalue weighted by Crippen LogP contribution is -2.13. The summed E-state index contributed by atoms with van der Waals surface area (Å²) in [5.74, 6) is -0.247. The van der Waals surface area contributed by atoms with E-state index < -0.39 is 21.3 Å². The summed E-state index contributed by atoms with van der Waals surface area (Å²) in [6.07, 6.45) is 4.53. The zero-order valence-electron chi connectivity index (χ0n) is 16.9. The number of aromatic nitrogens is 2. The van der Waals surface area contributed by atoms with Gasteiger partial charge in [-0.2, -0.15) is 0 Å². The van der Waals surface area contributed by atoms with Crippen molar-refractivity contribution < 1.29 is 17.4 Å². The minimum Gasteiger partial charge on any atom is -0.464 e. The molecule has 6 nitrogen and oxygen atoms in total. The molecule has 0 radical (unpaired) electrons. The van der Waals surface area contributed by atoms with Crippen molar-refractivity contribution in [3.8, 4) is 11.1 Å². The average molecular weight is 442 g/mol. The molecule has 3 aromatic heterocycles. The van der Waals surface area contributed by atoms with Crippen LogP contribution in [0, 0.1) is 11.6 Å². The number of nitrogens with one attached hydrogen (secondary N) is 1. The van der Waals surface area contributed by atoms with Gasteiger partial charge in [0.2, 0.25) is 0 Å². The van der Waals surface area contributed by atoms with Gasteiger partial charge in [0.1, 0.15) is 28.9 Å². The first-order valence-corrected chi connectivity index (χ1v) is 11.5. The molecule has 0 aliphatic rings. The second-order valence-electron chi connectivity index (χ2n) is 7.15. The van der Waals surface area contributed by atoms with E-state index in [1.54, 1.807) is 12.1 Å². The summed E-state index contributed by atoms with van der Waals surface area (Å²) >= 11 is 0. The number of halogens is 2. The maximum atomic E-state index is 14.6. The molecule has 3 N–H and O–H groups in total. The first-order valence-electron chi connectivity index (χ1n) is 9.45. The number of rotatable bonds is 5. The van der Waals surface area contributed by atoms with E-state index in [0.717, 1.165) is 11.9 Å². The van der Waals surface area contributed by atoms with Crippen molar-refractivity contribution in [1.82, 2.24) is 9.97 Å². The van der Waals surface area contributed by atoms with Gasteiger partial charge in [0.25, 0.3) is 0 Å². The van der Waals surface area contributed by atoms with Gasteiger partial charge in [0.15, 0.2) is 0 Å². The van der Waals surface area contributed by atoms with Gasteiger partial charge in [-0.25, -0.2) is 18.7 Å². The van der Waals surface area contributed by atoms with Gasteiger partial charge in [-0.15, -0.1) is 0 Å². The SMILES string of the molecule is CCc1cc(C=S(C)(N)=O)cc(Nc2cc(-c3ccc(F)c4ccoc34)c(F)cn2)n1. The largest absolute Gasteiger partial charge is 0.464 e. The fourth-order valence-corrected chi connectivity index (χ4v) is 3.96. The molecule has 0 aliphatic heterocycles. The molecule has 1 aromatic carbocycles. The Bertz CT molecular complexity index is 1400. The Balaban J connectivity index is 1.76. The highest BCUT2D eigenvalue weighted by atomic mass is 32.2. The summed E-state index contributed by atoms with van der Waals surface area (Å²) in [5.41, 5.74) is 2.28. The first kappa shape index (κ1) is 21.0. The standard InChI is InChI=1S/C22H20F2N4O2S/c1-3-14-8-13(12-31(2,25)29)9-21(27-14)28-20-10-17(19(24)11-26-20)15-4-5-18(23)16-6-7-30-22(15)16/h4-12H,3H2,1-2H3,(H2,25,29)(H,26,27,28). The van der Waals surface area contributed by atoms with Crippen LogP contribution in [0.3, 0.4) is 0 Å². The number of anilines is 2. The van der Waals surface area contributed by atoms with Crippen molar-refractivity contribution >= 4 is 37.7 Å². The monoisotopic (exact) mass is 442 g/mol. The number of furan rings is 1. The third-order valence-electron chi connectivity index (χ3n) is 4.60. The van der Waals surface area contributed by atoms with Crippen LogP contribution in [-0.4, -0.2) is 25.8 Å². The summed E-state index contributed by atoms with van der Waals surface area (Å²) < 4.78 is 45.9. The van der Waals surface area contributed by atoms with E-state index in [1.165, 1.54) is 42.2 Å². The summed E-state index contributed by atoms with van der Waals surface area (Å²) in [6, 6.07) is 9.21. The van der Waals surface area contributed by atoms with Crippen molar-refractivity contribution in [2.75, 3.05) is 11.6 Å². The van der Waals surface area contributed by atoms with Crippen LogP contribution in [0.4, 0.5) is 20.4 Å². The Morgan fingerprint density at radius 1 is 1.13 bits per heavy atom. The van der Waals surface area contributed by atoms with Gasteiger partial charge in [-0.05, 0) is 48.4 Å². The smallest absolute Gasteiger partial charge is 0.149 e. The molecule has 0 saturated heterocycles. The van der Waals surface area contributed by atoms with Crippen molar-refractivity contribution in [3.63, 3.8) is 0 Å². The number of hydrogen-bond acceptors (Lipinski definition) is 5. The Morgan fingerprint density at radius 2 is 1.94 bits per heavy atom. The summed E-state index contributed by atoms with van der Waals surface area (Å²) in [5, 5.41) is 10.4. The number of benzene rings is 1. The van der Waals surface area contributed by atoms with Gasteiger partial charge in [-0.3, -0.25) is 9.35 Å². The minimum atomic E-state index is -2.60. The van der Waals surface area contributed by atoms with E-state index in [-0.39, 0.29) is 16.5 Å². The summed E-state index contributed by atoms with van der Waals surface area (Å²) in [4.78, 5) is 8.57. The molecule has 1 atom stereocenters. The van der Waals surface area contributed by atoms with Gasteiger partial charge in [0, 0.05) is 38.2 Å². The Morgan fingerprint density at radius 3 is 2.68 bits per heavy atom. The lowest BCUT2D eigenvalue weighted by molar-refractivity contribution is 0.607. The van der Waals surface area contributed by atoms with Gasteiger partial charge < -0.3 is 9.73 Å². The number of aryl methyl sites for hydroxylation is 1. The molecule has 1 unspecified atom stereocenters. The summed E-state index contributed by atoms with van der Waals surface area (Å²) in [7, 11) is -2.60. The zero-order chi connectivity index (χ0) is 22.2. The maximum absolute atomic E-state index is 14.6. The van der Waals surface area contributed by atoms with Crippen LogP contribution in [0.2, 0.25) is 0 Å². The molecular weight excluding hydrogens is 422 g/mol. The van der Waals surface area contributed by atoms with Crippen LogP contribution in [-0.2, 0) is 16.1 Å². The lowest BCUT2D eigenvalue weighted by atomic mass is 10.0. The molecule has 0 fully saturated rings. The Kier molecular flexibility index (Phi) is 5.47. The number of nitrogens with zero attached hydrogens (tertiary/aromatic N) is 2. The van der Waals surface area contributed by atoms with Crippen molar-refractivity contribution in [3.05, 3.63) is 71.8 Å². The Hall–Kier alpha value is -3.30. The number of nitrogens with two attached hydrogens (primary N) is 1. The predicted molar refractivity (Wildman–Crippen MR) is 120 cm³/mol. The second kappa shape index (κ2) is 8.09. The van der Waals surface area contributed by atoms with Gasteiger partial charge in [-0.1, -0.05) is 6.92 Å². The number of fused-ring (bicyclic) bond motifs is 1. The number of pyridine rings is 2. The quantitative estimate of drug-likeness (QED) is 0.447. The van der Waals surface area contributed by atoms with Gasteiger partial charge >= 0.3 is 0 Å². The van der Waals surface area contributed by atoms with Crippen LogP contribution in [0.25, 0.3) is 22.1 Å². The third-order valence-corrected chi connectivity index (χ3v) is 5.34. The van der Waals surface area contributed by atoms with Crippen molar-refractivity contribution in [2.24, 2.45) is 5.14 Å². The predicted octanol–water partition coefficient (Wildman–Crippen LogP) is 4.41. The second-order valence-corrected chi connectivity index (χ2v) is 9.32. The topological polar surface area (TPSA) is 94.0 Å². The fraction of sp³-hybridized carbons (Fsp3) is 0.136. The normalized spacial score (nSPS) is 13.2. The molecule has 0 saturated carbocycles. The van der Waals surface area contributed by atoms with E-state index in [9.17, 15) is 13.0 Å². The molecule has 0 aliphatic carbocycles. The molecule has 160 valence electrons. The highest BCUT2D eigenvalue weighted by Gasteiger charge is 2.15. The van der Waals surface area contributed by atoms with Crippen molar-refractivity contribution in [1.29, 1.82) is 0 Å². The first-order chi connectivity index (χ1) is 14.7. The molecule has 31 heavy (non-hydrogen) atoms. The number of hydrogen-bond donors (Lipinski definition) is 2. The van der Waals surface area contributed by atoms with Gasteiger partial charge in [0.05, 0.1) is 17.8 Å². The van der Waals surface area contributed by atoms with Crippen LogP contribution in [0.5, 0.6) is 0 Å². The molecule has 0 bridgehead atoms. The fourth-order valence-electron chi connectivity index (χ4n) is 3.28. The van der Waals surface area contributed by atoms with Crippen LogP contribution in [0.15, 0.2) is 53.3 Å². The minimum absolute atomic E-state index is 0.203. The van der Waals surface area contributed by atoms with E-state index in [0.29, 0.717) is 29.2 Å². The van der Waals surface area contributed by atoms with E-state index >= 15 is 0 Å². The molecular formula is C22H20F2N4O2S. The Labute approximate surface area is 178 Å². The highest BCUT2D eigenvalue weighted by molar-refractivity contribution is 7.98. The third kappa shape index (κ3) is 4.57. The lowest BCUT2D eigenvalue weighted by Gasteiger charge is -2.11. The molecule has 0 spiro atoms. The average Bonchev–Trinajstić information content (AvgIpc) is 3.19. The van der Waals surface area contributed by atoms with E-state index in [4.69, 9.17) is 9.56 Å². The van der Waals surface area contributed by atoms with Crippen molar-refractivity contribution in [2.45, 2.75) is 13.3 Å². The van der Waals surface area contributed by atoms with Crippen LogP contribution >= 0.6 is 0 Å². The van der Waals surface area contributed by atoms with Crippen LogP contribution in [0.1, 0.15) is 18.2 Å². The zero-order valence-corrected chi connectivity index (χ0v) is 17.7. The molecule has 9 heteroatoms. The highest BCUT2D eigenvalue weighted by Crippen LogP contribution is 2.33. The molecule has 3 heterocycles. The van der Waals surface area contributed by atoms with E-state index in [2.05, 4.69) is 15.3 Å². The van der Waals surface area contributed by atoms with Crippen LogP contribution < -0.4 is 10.5 Å². The molecule has 4 aromatic rings. The van der Waals surface area contributed by atoms with E-state index in [1.807, 2.05) is 6.92 Å². The molecule has 4 rings (SSSR count).